The van der Waals surface area contributed by atoms with E-state index < -0.39 is 0 Å². The molecule has 2 aliphatic carbocycles. The second-order valence-corrected chi connectivity index (χ2v) is 6.04. The molecule has 0 spiro atoms. The Labute approximate surface area is 98.0 Å². The fraction of sp³-hybridized carbons (Fsp3) is 0.600. The molecule has 2 aliphatic rings. The van der Waals surface area contributed by atoms with Crippen molar-refractivity contribution in [3.63, 3.8) is 0 Å². The van der Waals surface area contributed by atoms with Crippen molar-refractivity contribution in [2.75, 3.05) is 6.54 Å². The smallest absolute Gasteiger partial charge is 0.00375 e. The number of hydrogen-bond donors (Lipinski definition) is 1. The van der Waals surface area contributed by atoms with E-state index in [1.54, 1.807) is 11.1 Å². The molecule has 0 heterocycles. The Balaban J connectivity index is 1.95. The van der Waals surface area contributed by atoms with Crippen LogP contribution < -0.4 is 5.73 Å². The molecule has 2 fully saturated rings. The van der Waals surface area contributed by atoms with Gasteiger partial charge in [-0.05, 0) is 53.7 Å². The summed E-state index contributed by atoms with van der Waals surface area (Å²) >= 11 is 0. The van der Waals surface area contributed by atoms with E-state index in [1.807, 2.05) is 0 Å². The first-order chi connectivity index (χ1) is 7.66. The third-order valence-corrected chi connectivity index (χ3v) is 4.65. The maximum Gasteiger partial charge on any atom is -0.00375 e. The SMILES string of the molecule is CC1(C)[C@@H](CN)[C@@H]1c1ccccc1C1CC1. The summed E-state index contributed by atoms with van der Waals surface area (Å²) in [6.45, 7) is 5.55. The van der Waals surface area contributed by atoms with E-state index in [2.05, 4.69) is 38.1 Å². The molecule has 0 bridgehead atoms. The molecule has 0 aromatic heterocycles. The van der Waals surface area contributed by atoms with Crippen LogP contribution in [0.25, 0.3) is 0 Å². The van der Waals surface area contributed by atoms with Crippen LogP contribution in [0.1, 0.15) is 49.7 Å². The van der Waals surface area contributed by atoms with E-state index in [0.717, 1.165) is 12.5 Å². The van der Waals surface area contributed by atoms with E-state index in [-0.39, 0.29) is 0 Å². The summed E-state index contributed by atoms with van der Waals surface area (Å²) in [5.41, 5.74) is 9.49. The fourth-order valence-electron chi connectivity index (χ4n) is 3.36. The van der Waals surface area contributed by atoms with Crippen LogP contribution >= 0.6 is 0 Å². The average Bonchev–Trinajstić information content (AvgIpc) is 3.14. The summed E-state index contributed by atoms with van der Waals surface area (Å²) in [6, 6.07) is 9.03. The Kier molecular flexibility index (Phi) is 2.16. The molecule has 2 saturated carbocycles. The lowest BCUT2D eigenvalue weighted by Crippen LogP contribution is -2.05. The third-order valence-electron chi connectivity index (χ3n) is 4.65. The van der Waals surface area contributed by atoms with Crippen molar-refractivity contribution in [1.82, 2.24) is 0 Å². The van der Waals surface area contributed by atoms with Crippen LogP contribution in [0, 0.1) is 11.3 Å². The molecular formula is C15H21N. The van der Waals surface area contributed by atoms with Gasteiger partial charge in [0.05, 0.1) is 0 Å². The number of hydrogen-bond acceptors (Lipinski definition) is 1. The van der Waals surface area contributed by atoms with Crippen LogP contribution in [0.2, 0.25) is 0 Å². The Hall–Kier alpha value is -0.820. The van der Waals surface area contributed by atoms with Crippen molar-refractivity contribution in [3.05, 3.63) is 35.4 Å². The summed E-state index contributed by atoms with van der Waals surface area (Å²) in [7, 11) is 0. The van der Waals surface area contributed by atoms with Crippen LogP contribution in [0.5, 0.6) is 0 Å². The Morgan fingerprint density at radius 3 is 2.31 bits per heavy atom. The van der Waals surface area contributed by atoms with Gasteiger partial charge in [-0.2, -0.15) is 0 Å². The highest BCUT2D eigenvalue weighted by molar-refractivity contribution is 5.41. The number of rotatable bonds is 3. The summed E-state index contributed by atoms with van der Waals surface area (Å²) in [6.07, 6.45) is 2.77. The normalized spacial score (nSPS) is 31.4. The monoisotopic (exact) mass is 215 g/mol. The second kappa shape index (κ2) is 3.33. The van der Waals surface area contributed by atoms with Crippen LogP contribution in [0.3, 0.4) is 0 Å². The molecule has 2 atom stereocenters. The lowest BCUT2D eigenvalue weighted by Gasteiger charge is -2.09. The van der Waals surface area contributed by atoms with Crippen molar-refractivity contribution in [1.29, 1.82) is 0 Å². The Bertz CT molecular complexity index is 404. The topological polar surface area (TPSA) is 26.0 Å². The van der Waals surface area contributed by atoms with Crippen LogP contribution in [0.15, 0.2) is 24.3 Å². The van der Waals surface area contributed by atoms with Crippen LogP contribution in [0.4, 0.5) is 0 Å². The van der Waals surface area contributed by atoms with Gasteiger partial charge in [-0.15, -0.1) is 0 Å². The van der Waals surface area contributed by atoms with Gasteiger partial charge in [0, 0.05) is 0 Å². The van der Waals surface area contributed by atoms with Gasteiger partial charge in [-0.3, -0.25) is 0 Å². The molecule has 0 unspecified atom stereocenters. The molecule has 0 radical (unpaired) electrons. The first kappa shape index (κ1) is 10.3. The molecule has 2 N–H and O–H groups in total. The minimum Gasteiger partial charge on any atom is -0.330 e. The predicted molar refractivity (Wildman–Crippen MR) is 67.5 cm³/mol. The summed E-state index contributed by atoms with van der Waals surface area (Å²) < 4.78 is 0. The van der Waals surface area contributed by atoms with Crippen molar-refractivity contribution < 1.29 is 0 Å². The highest BCUT2D eigenvalue weighted by atomic mass is 14.7. The quantitative estimate of drug-likeness (QED) is 0.823. The average molecular weight is 215 g/mol. The summed E-state index contributed by atoms with van der Waals surface area (Å²) in [4.78, 5) is 0. The van der Waals surface area contributed by atoms with Gasteiger partial charge in [0.1, 0.15) is 0 Å². The number of benzene rings is 1. The van der Waals surface area contributed by atoms with E-state index >= 15 is 0 Å². The molecule has 16 heavy (non-hydrogen) atoms. The van der Waals surface area contributed by atoms with Crippen LogP contribution in [-0.4, -0.2) is 6.54 Å². The van der Waals surface area contributed by atoms with Gasteiger partial charge in [0.15, 0.2) is 0 Å². The maximum absolute atomic E-state index is 5.88. The van der Waals surface area contributed by atoms with Gasteiger partial charge in [0.2, 0.25) is 0 Å². The molecule has 1 heteroatoms. The van der Waals surface area contributed by atoms with Gasteiger partial charge in [0.25, 0.3) is 0 Å². The highest BCUT2D eigenvalue weighted by Gasteiger charge is 2.58. The second-order valence-electron chi connectivity index (χ2n) is 6.04. The molecular weight excluding hydrogens is 194 g/mol. The van der Waals surface area contributed by atoms with Crippen LogP contribution in [-0.2, 0) is 0 Å². The molecule has 0 aliphatic heterocycles. The zero-order valence-electron chi connectivity index (χ0n) is 10.2. The standard InChI is InChI=1S/C15H21N/c1-15(2)13(9-16)14(15)12-6-4-3-5-11(12)10-7-8-10/h3-6,10,13-14H,7-9,16H2,1-2H3/t13-,14-/m0/s1. The molecule has 3 rings (SSSR count). The maximum atomic E-state index is 5.88. The largest absolute Gasteiger partial charge is 0.330 e. The lowest BCUT2D eigenvalue weighted by atomic mass is 9.95. The molecule has 86 valence electrons. The molecule has 0 amide bonds. The fourth-order valence-corrected chi connectivity index (χ4v) is 3.36. The minimum atomic E-state index is 0.416. The Morgan fingerprint density at radius 2 is 1.81 bits per heavy atom. The highest BCUT2D eigenvalue weighted by Crippen LogP contribution is 2.65. The predicted octanol–water partition coefficient (Wildman–Crippen LogP) is 3.26. The molecule has 1 aromatic rings. The molecule has 0 saturated heterocycles. The van der Waals surface area contributed by atoms with E-state index in [4.69, 9.17) is 5.73 Å². The van der Waals surface area contributed by atoms with Crippen molar-refractivity contribution in [3.8, 4) is 0 Å². The minimum absolute atomic E-state index is 0.416. The molecule has 1 nitrogen and oxygen atoms in total. The summed E-state index contributed by atoms with van der Waals surface area (Å²) in [5, 5.41) is 0. The van der Waals surface area contributed by atoms with Crippen molar-refractivity contribution in [2.24, 2.45) is 17.1 Å². The first-order valence-electron chi connectivity index (χ1n) is 6.45. The number of nitrogens with two attached hydrogens (primary N) is 1. The van der Waals surface area contributed by atoms with Crippen molar-refractivity contribution >= 4 is 0 Å². The van der Waals surface area contributed by atoms with E-state index in [9.17, 15) is 0 Å². The molecule has 1 aromatic carbocycles. The van der Waals surface area contributed by atoms with Crippen molar-refractivity contribution in [2.45, 2.75) is 38.5 Å². The van der Waals surface area contributed by atoms with Gasteiger partial charge < -0.3 is 5.73 Å². The van der Waals surface area contributed by atoms with E-state index in [1.165, 1.54) is 12.8 Å². The van der Waals surface area contributed by atoms with E-state index in [0.29, 0.717) is 17.3 Å². The lowest BCUT2D eigenvalue weighted by molar-refractivity contribution is 0.558. The van der Waals surface area contributed by atoms with Gasteiger partial charge >= 0.3 is 0 Å². The third kappa shape index (κ3) is 1.41. The van der Waals surface area contributed by atoms with Gasteiger partial charge in [-0.1, -0.05) is 38.1 Å². The zero-order valence-corrected chi connectivity index (χ0v) is 10.2. The van der Waals surface area contributed by atoms with Gasteiger partial charge in [-0.25, -0.2) is 0 Å². The Morgan fingerprint density at radius 1 is 1.19 bits per heavy atom. The first-order valence-corrected chi connectivity index (χ1v) is 6.45. The zero-order chi connectivity index (χ0) is 11.3. The summed E-state index contributed by atoms with van der Waals surface area (Å²) in [5.74, 6) is 2.24.